The Labute approximate surface area is 113 Å². The van der Waals surface area contributed by atoms with Crippen LogP contribution < -0.4 is 5.32 Å². The Balaban J connectivity index is 2.41. The molecule has 1 aromatic heterocycles. The Bertz CT molecular complexity index is 412. The number of alkyl carbamates (subject to hydrolysis) is 1. The van der Waals surface area contributed by atoms with Crippen LogP contribution in [-0.2, 0) is 16.0 Å². The van der Waals surface area contributed by atoms with E-state index in [9.17, 15) is 9.59 Å². The highest BCUT2D eigenvalue weighted by Gasteiger charge is 2.17. The largest absolute Gasteiger partial charge is 0.444 e. The molecule has 0 spiro atoms. The van der Waals surface area contributed by atoms with Crippen LogP contribution in [0.3, 0.4) is 0 Å². The van der Waals surface area contributed by atoms with Gasteiger partial charge in [0.15, 0.2) is 0 Å². The third-order valence-electron chi connectivity index (χ3n) is 2.32. The van der Waals surface area contributed by atoms with E-state index in [4.69, 9.17) is 4.74 Å². The third-order valence-corrected chi connectivity index (χ3v) is 2.32. The van der Waals surface area contributed by atoms with Gasteiger partial charge in [-0.1, -0.05) is 6.07 Å². The fourth-order valence-corrected chi connectivity index (χ4v) is 1.52. The molecule has 0 aliphatic heterocycles. The minimum absolute atomic E-state index is 0.257. The standard InChI is InChI=1S/C14H20N2O3/c1-14(2,3)19-13(18)16-9-12(10-17)7-11-5-4-6-15-8-11/h4-6,8,10,12H,7,9H2,1-3H3,(H,16,18)/t12-/m1/s1. The number of carbonyl (C=O) groups is 2. The zero-order valence-electron chi connectivity index (χ0n) is 11.6. The molecule has 0 bridgehead atoms. The number of pyridine rings is 1. The predicted molar refractivity (Wildman–Crippen MR) is 71.7 cm³/mol. The number of aromatic nitrogens is 1. The molecule has 5 heteroatoms. The quantitative estimate of drug-likeness (QED) is 0.825. The minimum atomic E-state index is -0.538. The highest BCUT2D eigenvalue weighted by Crippen LogP contribution is 2.08. The Kier molecular flexibility index (Phi) is 5.48. The molecule has 0 fully saturated rings. The first-order valence-corrected chi connectivity index (χ1v) is 6.22. The second kappa shape index (κ2) is 6.87. The number of nitrogens with zero attached hydrogens (tertiary/aromatic N) is 1. The molecule has 0 radical (unpaired) electrons. The molecule has 19 heavy (non-hydrogen) atoms. The van der Waals surface area contributed by atoms with Crippen LogP contribution >= 0.6 is 0 Å². The summed E-state index contributed by atoms with van der Waals surface area (Å²) in [6, 6.07) is 3.72. The molecule has 0 aromatic carbocycles. The lowest BCUT2D eigenvalue weighted by Gasteiger charge is -2.20. The van der Waals surface area contributed by atoms with E-state index < -0.39 is 11.7 Å². The van der Waals surface area contributed by atoms with Crippen molar-refractivity contribution in [1.29, 1.82) is 0 Å². The number of aldehydes is 1. The summed E-state index contributed by atoms with van der Waals surface area (Å²) in [6.45, 7) is 5.63. The summed E-state index contributed by atoms with van der Waals surface area (Å²) in [5, 5.41) is 2.60. The van der Waals surface area contributed by atoms with Crippen LogP contribution in [0.4, 0.5) is 4.79 Å². The van der Waals surface area contributed by atoms with Crippen LogP contribution in [0.25, 0.3) is 0 Å². The summed E-state index contributed by atoms with van der Waals surface area (Å²) >= 11 is 0. The van der Waals surface area contributed by atoms with Crippen molar-refractivity contribution in [3.63, 3.8) is 0 Å². The van der Waals surface area contributed by atoms with Crippen LogP contribution in [-0.4, -0.2) is 29.5 Å². The van der Waals surface area contributed by atoms with Crippen molar-refractivity contribution in [2.45, 2.75) is 32.8 Å². The van der Waals surface area contributed by atoms with Crippen LogP contribution in [0.15, 0.2) is 24.5 Å². The van der Waals surface area contributed by atoms with Gasteiger partial charge >= 0.3 is 6.09 Å². The van der Waals surface area contributed by atoms with Crippen LogP contribution in [0, 0.1) is 5.92 Å². The zero-order valence-corrected chi connectivity index (χ0v) is 11.6. The van der Waals surface area contributed by atoms with E-state index in [0.717, 1.165) is 11.8 Å². The van der Waals surface area contributed by atoms with Gasteiger partial charge in [0.05, 0.1) is 0 Å². The van der Waals surface area contributed by atoms with E-state index in [0.29, 0.717) is 6.42 Å². The normalized spacial score (nSPS) is 12.6. The SMILES string of the molecule is CC(C)(C)OC(=O)NC[C@H](C=O)Cc1cccnc1. The topological polar surface area (TPSA) is 68.3 Å². The lowest BCUT2D eigenvalue weighted by Crippen LogP contribution is -2.36. The molecule has 1 rings (SSSR count). The maximum Gasteiger partial charge on any atom is 0.407 e. The van der Waals surface area contributed by atoms with Crippen LogP contribution in [0.5, 0.6) is 0 Å². The van der Waals surface area contributed by atoms with Crippen molar-refractivity contribution in [3.8, 4) is 0 Å². The van der Waals surface area contributed by atoms with Crippen molar-refractivity contribution in [3.05, 3.63) is 30.1 Å². The van der Waals surface area contributed by atoms with E-state index in [1.165, 1.54) is 0 Å². The maximum atomic E-state index is 11.5. The van der Waals surface area contributed by atoms with E-state index >= 15 is 0 Å². The number of amides is 1. The average Bonchev–Trinajstić information content (AvgIpc) is 2.33. The molecule has 0 aliphatic carbocycles. The van der Waals surface area contributed by atoms with Crippen molar-refractivity contribution in [2.24, 2.45) is 5.92 Å². The second-order valence-corrected chi connectivity index (χ2v) is 5.34. The van der Waals surface area contributed by atoms with Gasteiger partial charge in [-0.25, -0.2) is 4.79 Å². The van der Waals surface area contributed by atoms with Crippen molar-refractivity contribution < 1.29 is 14.3 Å². The second-order valence-electron chi connectivity index (χ2n) is 5.34. The van der Waals surface area contributed by atoms with E-state index in [1.807, 2.05) is 12.1 Å². The highest BCUT2D eigenvalue weighted by molar-refractivity contribution is 5.68. The van der Waals surface area contributed by atoms with E-state index in [-0.39, 0.29) is 12.5 Å². The van der Waals surface area contributed by atoms with Gasteiger partial charge in [0.25, 0.3) is 0 Å². The molecule has 1 N–H and O–H groups in total. The molecule has 0 saturated carbocycles. The molecular weight excluding hydrogens is 244 g/mol. The van der Waals surface area contributed by atoms with E-state index in [1.54, 1.807) is 33.2 Å². The van der Waals surface area contributed by atoms with Gasteiger partial charge in [-0.05, 0) is 38.8 Å². The fourth-order valence-electron chi connectivity index (χ4n) is 1.52. The number of nitrogens with one attached hydrogen (secondary N) is 1. The molecular formula is C14H20N2O3. The summed E-state index contributed by atoms with van der Waals surface area (Å²) in [5.74, 6) is -0.281. The first-order chi connectivity index (χ1) is 8.90. The zero-order chi connectivity index (χ0) is 14.3. The maximum absolute atomic E-state index is 11.5. The molecule has 1 amide bonds. The molecule has 1 heterocycles. The summed E-state index contributed by atoms with van der Waals surface area (Å²) in [7, 11) is 0. The van der Waals surface area contributed by atoms with Crippen LogP contribution in [0.2, 0.25) is 0 Å². The van der Waals surface area contributed by atoms with Gasteiger partial charge in [0.1, 0.15) is 11.9 Å². The lowest BCUT2D eigenvalue weighted by atomic mass is 10.0. The highest BCUT2D eigenvalue weighted by atomic mass is 16.6. The summed E-state index contributed by atoms with van der Waals surface area (Å²) in [4.78, 5) is 26.5. The Morgan fingerprint density at radius 3 is 2.79 bits per heavy atom. The van der Waals surface area contributed by atoms with Crippen molar-refractivity contribution in [1.82, 2.24) is 10.3 Å². The van der Waals surface area contributed by atoms with Gasteiger partial charge in [-0.3, -0.25) is 4.98 Å². The average molecular weight is 264 g/mol. The summed E-state index contributed by atoms with van der Waals surface area (Å²) in [6.07, 6.45) is 4.27. The van der Waals surface area contributed by atoms with E-state index in [2.05, 4.69) is 10.3 Å². The van der Waals surface area contributed by atoms with Gasteiger partial charge in [0.2, 0.25) is 0 Å². The number of hydrogen-bond acceptors (Lipinski definition) is 4. The molecule has 1 aromatic rings. The molecule has 104 valence electrons. The third kappa shape index (κ3) is 6.55. The number of hydrogen-bond donors (Lipinski definition) is 1. The molecule has 5 nitrogen and oxygen atoms in total. The summed E-state index contributed by atoms with van der Waals surface area (Å²) in [5.41, 5.74) is 0.426. The lowest BCUT2D eigenvalue weighted by molar-refractivity contribution is -0.110. The minimum Gasteiger partial charge on any atom is -0.444 e. The van der Waals surface area contributed by atoms with Gasteiger partial charge in [-0.15, -0.1) is 0 Å². The molecule has 0 saturated heterocycles. The number of carbonyl (C=O) groups excluding carboxylic acids is 2. The smallest absolute Gasteiger partial charge is 0.407 e. The fraction of sp³-hybridized carbons (Fsp3) is 0.500. The predicted octanol–water partition coefficient (Wildman–Crippen LogP) is 1.96. The van der Waals surface area contributed by atoms with Crippen LogP contribution in [0.1, 0.15) is 26.3 Å². The van der Waals surface area contributed by atoms with Gasteiger partial charge < -0.3 is 14.8 Å². The Hall–Kier alpha value is -1.91. The molecule has 0 unspecified atom stereocenters. The molecule has 1 atom stereocenters. The van der Waals surface area contributed by atoms with Crippen molar-refractivity contribution >= 4 is 12.4 Å². The Morgan fingerprint density at radius 1 is 1.53 bits per heavy atom. The summed E-state index contributed by atoms with van der Waals surface area (Å²) < 4.78 is 5.10. The van der Waals surface area contributed by atoms with Gasteiger partial charge in [0, 0.05) is 24.9 Å². The first-order valence-electron chi connectivity index (χ1n) is 6.22. The first kappa shape index (κ1) is 15.1. The molecule has 0 aliphatic rings. The van der Waals surface area contributed by atoms with Gasteiger partial charge in [-0.2, -0.15) is 0 Å². The van der Waals surface area contributed by atoms with Crippen molar-refractivity contribution in [2.75, 3.05) is 6.54 Å². The monoisotopic (exact) mass is 264 g/mol. The number of ether oxygens (including phenoxy) is 1. The Morgan fingerprint density at radius 2 is 2.26 bits per heavy atom. The number of rotatable bonds is 5.